The summed E-state index contributed by atoms with van der Waals surface area (Å²) in [6.45, 7) is 0. The van der Waals surface area contributed by atoms with Crippen molar-refractivity contribution in [2.75, 3.05) is 5.73 Å². The van der Waals surface area contributed by atoms with Crippen molar-refractivity contribution >= 4 is 22.5 Å². The van der Waals surface area contributed by atoms with E-state index >= 15 is 0 Å². The number of benzene rings is 1. The molecule has 0 saturated carbocycles. The average Bonchev–Trinajstić information content (AvgIpc) is 2.79. The summed E-state index contributed by atoms with van der Waals surface area (Å²) in [5.74, 6) is 0.306. The topological polar surface area (TPSA) is 90.9 Å². The molecule has 3 aromatic rings. The molecule has 0 aliphatic heterocycles. The Bertz CT molecular complexity index is 861. The van der Waals surface area contributed by atoms with Crippen LogP contribution in [-0.2, 0) is 0 Å². The molecule has 0 spiro atoms. The predicted molar refractivity (Wildman–Crippen MR) is 66.5 cm³/mol. The minimum atomic E-state index is 0.280. The summed E-state index contributed by atoms with van der Waals surface area (Å²) in [4.78, 5) is 4.37. The Morgan fingerprint density at radius 1 is 1.11 bits per heavy atom. The number of imidazole rings is 1. The first-order valence-electron chi connectivity index (χ1n) is 5.26. The van der Waals surface area contributed by atoms with Crippen LogP contribution in [0.5, 0.6) is 0 Å². The number of rotatable bonds is 0. The maximum absolute atomic E-state index is 9.12. The normalized spacial score (nSPS) is 10.3. The second-order valence-corrected chi connectivity index (χ2v) is 3.84. The Morgan fingerprint density at radius 2 is 1.83 bits per heavy atom. The molecule has 18 heavy (non-hydrogen) atoms. The highest BCUT2D eigenvalue weighted by molar-refractivity contribution is 5.85. The van der Waals surface area contributed by atoms with Crippen molar-refractivity contribution in [1.82, 2.24) is 9.38 Å². The van der Waals surface area contributed by atoms with Crippen LogP contribution in [0, 0.1) is 22.7 Å². The maximum Gasteiger partial charge on any atom is 0.157 e. The van der Waals surface area contributed by atoms with Crippen LogP contribution < -0.4 is 5.73 Å². The summed E-state index contributed by atoms with van der Waals surface area (Å²) in [6, 6.07) is 12.9. The SMILES string of the molecule is N#Cc1cc(C#N)c2nc3ccccc3n2c1N. The van der Waals surface area contributed by atoms with Gasteiger partial charge in [0.15, 0.2) is 5.65 Å². The van der Waals surface area contributed by atoms with Gasteiger partial charge in [-0.1, -0.05) is 12.1 Å². The van der Waals surface area contributed by atoms with Crippen LogP contribution in [-0.4, -0.2) is 9.38 Å². The van der Waals surface area contributed by atoms with Crippen molar-refractivity contribution in [3.63, 3.8) is 0 Å². The number of nitrogens with zero attached hydrogens (tertiary/aromatic N) is 4. The first-order valence-corrected chi connectivity index (χ1v) is 5.26. The first kappa shape index (κ1) is 10.1. The van der Waals surface area contributed by atoms with Crippen LogP contribution in [0.25, 0.3) is 16.7 Å². The first-order chi connectivity index (χ1) is 8.76. The molecule has 0 amide bonds. The second-order valence-electron chi connectivity index (χ2n) is 3.84. The molecule has 1 aromatic carbocycles. The Morgan fingerprint density at radius 3 is 2.56 bits per heavy atom. The van der Waals surface area contributed by atoms with E-state index in [1.165, 1.54) is 6.07 Å². The molecule has 0 aliphatic carbocycles. The van der Waals surface area contributed by atoms with Crippen LogP contribution in [0.1, 0.15) is 11.1 Å². The van der Waals surface area contributed by atoms with Crippen LogP contribution in [0.4, 0.5) is 5.82 Å². The van der Waals surface area contributed by atoms with Crippen molar-refractivity contribution in [2.45, 2.75) is 0 Å². The number of nitrogens with two attached hydrogens (primary N) is 1. The lowest BCUT2D eigenvalue weighted by Crippen LogP contribution is -2.02. The fourth-order valence-corrected chi connectivity index (χ4v) is 2.03. The summed E-state index contributed by atoms with van der Waals surface area (Å²) in [7, 11) is 0. The monoisotopic (exact) mass is 233 g/mol. The van der Waals surface area contributed by atoms with Gasteiger partial charge in [0.25, 0.3) is 0 Å². The van der Waals surface area contributed by atoms with Gasteiger partial charge in [-0.25, -0.2) is 4.98 Å². The van der Waals surface area contributed by atoms with E-state index < -0.39 is 0 Å². The molecule has 0 unspecified atom stereocenters. The van der Waals surface area contributed by atoms with Crippen molar-refractivity contribution in [3.8, 4) is 12.1 Å². The molecule has 84 valence electrons. The number of nitrogen functional groups attached to an aromatic ring is 1. The van der Waals surface area contributed by atoms with E-state index in [1.54, 1.807) is 4.40 Å². The van der Waals surface area contributed by atoms with Crippen molar-refractivity contribution in [3.05, 3.63) is 41.5 Å². The van der Waals surface area contributed by atoms with Crippen molar-refractivity contribution < 1.29 is 0 Å². The zero-order valence-corrected chi connectivity index (χ0v) is 9.25. The van der Waals surface area contributed by atoms with Gasteiger partial charge in [-0.05, 0) is 18.2 Å². The number of nitriles is 2. The quantitative estimate of drug-likeness (QED) is 0.641. The number of anilines is 1. The van der Waals surface area contributed by atoms with Gasteiger partial charge in [0.05, 0.1) is 22.2 Å². The number of hydrogen-bond acceptors (Lipinski definition) is 4. The number of aromatic nitrogens is 2. The van der Waals surface area contributed by atoms with E-state index in [4.69, 9.17) is 16.3 Å². The van der Waals surface area contributed by atoms with Crippen LogP contribution >= 0.6 is 0 Å². The zero-order chi connectivity index (χ0) is 12.7. The second kappa shape index (κ2) is 3.47. The minimum Gasteiger partial charge on any atom is -0.384 e. The van der Waals surface area contributed by atoms with Crippen LogP contribution in [0.15, 0.2) is 30.3 Å². The third-order valence-electron chi connectivity index (χ3n) is 2.85. The van der Waals surface area contributed by atoms with Gasteiger partial charge in [0.1, 0.15) is 18.0 Å². The highest BCUT2D eigenvalue weighted by Gasteiger charge is 2.14. The molecule has 0 aliphatic rings. The highest BCUT2D eigenvalue weighted by Crippen LogP contribution is 2.24. The van der Waals surface area contributed by atoms with Gasteiger partial charge in [0.2, 0.25) is 0 Å². The van der Waals surface area contributed by atoms with E-state index in [2.05, 4.69) is 4.98 Å². The molecule has 5 nitrogen and oxygen atoms in total. The fourth-order valence-electron chi connectivity index (χ4n) is 2.03. The lowest BCUT2D eigenvalue weighted by molar-refractivity contribution is 1.21. The summed E-state index contributed by atoms with van der Waals surface area (Å²) >= 11 is 0. The number of hydrogen-bond donors (Lipinski definition) is 1. The lowest BCUT2D eigenvalue weighted by atomic mass is 10.2. The molecule has 2 heterocycles. The Balaban J connectivity index is 2.65. The van der Waals surface area contributed by atoms with E-state index in [-0.39, 0.29) is 5.56 Å². The van der Waals surface area contributed by atoms with Gasteiger partial charge >= 0.3 is 0 Å². The fraction of sp³-hybridized carbons (Fsp3) is 0. The van der Waals surface area contributed by atoms with Gasteiger partial charge in [-0.3, -0.25) is 4.40 Å². The van der Waals surface area contributed by atoms with Gasteiger partial charge in [-0.15, -0.1) is 0 Å². The molecular formula is C13H7N5. The maximum atomic E-state index is 9.12. The standard InChI is InChI=1S/C13H7N5/c14-6-8-5-9(7-15)13-17-10-3-1-2-4-11(10)18(13)12(8)16/h1-5H,16H2. The molecule has 0 saturated heterocycles. The summed E-state index contributed by atoms with van der Waals surface area (Å²) in [6.07, 6.45) is 0. The molecule has 0 atom stereocenters. The molecular weight excluding hydrogens is 226 g/mol. The minimum absolute atomic E-state index is 0.280. The molecule has 0 fully saturated rings. The molecule has 2 aromatic heterocycles. The van der Waals surface area contributed by atoms with E-state index in [0.29, 0.717) is 17.0 Å². The van der Waals surface area contributed by atoms with Gasteiger partial charge in [-0.2, -0.15) is 10.5 Å². The lowest BCUT2D eigenvalue weighted by Gasteiger charge is -2.04. The molecule has 0 radical (unpaired) electrons. The smallest absolute Gasteiger partial charge is 0.157 e. The Labute approximate surface area is 102 Å². The van der Waals surface area contributed by atoms with Crippen LogP contribution in [0.3, 0.4) is 0 Å². The van der Waals surface area contributed by atoms with E-state index in [9.17, 15) is 0 Å². The summed E-state index contributed by atoms with van der Waals surface area (Å²) in [5.41, 5.74) is 8.60. The molecule has 2 N–H and O–H groups in total. The highest BCUT2D eigenvalue weighted by atomic mass is 15.1. The van der Waals surface area contributed by atoms with Crippen molar-refractivity contribution in [1.29, 1.82) is 10.5 Å². The average molecular weight is 233 g/mol. The van der Waals surface area contributed by atoms with Crippen molar-refractivity contribution in [2.24, 2.45) is 0 Å². The Hall–Kier alpha value is -3.05. The van der Waals surface area contributed by atoms with E-state index in [0.717, 1.165) is 11.0 Å². The molecule has 0 bridgehead atoms. The summed E-state index contributed by atoms with van der Waals surface area (Å²) < 4.78 is 1.65. The number of para-hydroxylation sites is 2. The number of fused-ring (bicyclic) bond motifs is 3. The third kappa shape index (κ3) is 1.16. The van der Waals surface area contributed by atoms with Gasteiger partial charge < -0.3 is 5.73 Å². The Kier molecular flexibility index (Phi) is 1.95. The third-order valence-corrected chi connectivity index (χ3v) is 2.85. The number of pyridine rings is 1. The molecule has 3 rings (SSSR count). The van der Waals surface area contributed by atoms with Crippen LogP contribution in [0.2, 0.25) is 0 Å². The zero-order valence-electron chi connectivity index (χ0n) is 9.25. The summed E-state index contributed by atoms with van der Waals surface area (Å²) in [5, 5.41) is 18.2. The van der Waals surface area contributed by atoms with E-state index in [1.807, 2.05) is 36.4 Å². The molecule has 5 heteroatoms. The van der Waals surface area contributed by atoms with Gasteiger partial charge in [0, 0.05) is 0 Å². The predicted octanol–water partition coefficient (Wildman–Crippen LogP) is 1.81. The largest absolute Gasteiger partial charge is 0.384 e.